The molecule has 1 N–H and O–H groups in total. The van der Waals surface area contributed by atoms with Crippen LogP contribution in [0.3, 0.4) is 0 Å². The Labute approximate surface area is 178 Å². The molecule has 0 aliphatic rings. The van der Waals surface area contributed by atoms with Crippen LogP contribution in [0.4, 0.5) is 5.82 Å². The van der Waals surface area contributed by atoms with Gasteiger partial charge in [-0.3, -0.25) is 4.79 Å². The molecule has 30 heavy (non-hydrogen) atoms. The average molecular weight is 407 g/mol. The molecule has 0 saturated heterocycles. The number of hydrogen-bond donors (Lipinski definition) is 1. The van der Waals surface area contributed by atoms with Crippen molar-refractivity contribution in [3.05, 3.63) is 54.6 Å². The van der Waals surface area contributed by atoms with Crippen LogP contribution in [0.2, 0.25) is 0 Å². The second kappa shape index (κ2) is 10.7. The molecule has 1 aromatic heterocycles. The summed E-state index contributed by atoms with van der Waals surface area (Å²) in [5, 5.41) is 4.01. The van der Waals surface area contributed by atoms with Gasteiger partial charge < -0.3 is 15.0 Å². The maximum Gasteiger partial charge on any atom is 0.221 e. The molecule has 6 heteroatoms. The van der Waals surface area contributed by atoms with Gasteiger partial charge in [0.05, 0.1) is 12.1 Å². The van der Waals surface area contributed by atoms with Crippen LogP contribution >= 0.6 is 0 Å². The highest BCUT2D eigenvalue weighted by atomic mass is 16.5. The summed E-state index contributed by atoms with van der Waals surface area (Å²) < 4.78 is 5.32. The van der Waals surface area contributed by atoms with Crippen LogP contribution in [0.25, 0.3) is 22.3 Å². The number of aromatic nitrogens is 2. The van der Waals surface area contributed by atoms with Gasteiger partial charge in [0.1, 0.15) is 5.82 Å². The molecule has 0 aliphatic heterocycles. The summed E-state index contributed by atoms with van der Waals surface area (Å²) in [6.07, 6.45) is 1.31. The zero-order valence-corrected chi connectivity index (χ0v) is 18.0. The lowest BCUT2D eigenvalue weighted by Crippen LogP contribution is -2.36. The zero-order valence-electron chi connectivity index (χ0n) is 18.0. The predicted molar refractivity (Wildman–Crippen MR) is 122 cm³/mol. The Morgan fingerprint density at radius 1 is 1.07 bits per heavy atom. The van der Waals surface area contributed by atoms with Crippen molar-refractivity contribution >= 4 is 22.6 Å². The number of para-hydroxylation sites is 1. The first-order chi connectivity index (χ1) is 14.6. The summed E-state index contributed by atoms with van der Waals surface area (Å²) in [5.41, 5.74) is 1.85. The lowest BCUT2D eigenvalue weighted by molar-refractivity contribution is -0.121. The van der Waals surface area contributed by atoms with Gasteiger partial charge in [0.25, 0.3) is 0 Å². The van der Waals surface area contributed by atoms with E-state index in [1.165, 1.54) is 0 Å². The summed E-state index contributed by atoms with van der Waals surface area (Å²) in [5.74, 6) is 1.55. The number of nitrogens with one attached hydrogen (secondary N) is 1. The number of benzene rings is 2. The first-order valence-electron chi connectivity index (χ1n) is 10.5. The van der Waals surface area contributed by atoms with E-state index in [1.807, 2.05) is 61.5 Å². The lowest BCUT2D eigenvalue weighted by atomic mass is 10.1. The molecule has 6 nitrogen and oxygen atoms in total. The van der Waals surface area contributed by atoms with Crippen LogP contribution in [0.1, 0.15) is 26.7 Å². The molecule has 0 spiro atoms. The molecule has 3 rings (SSSR count). The Morgan fingerprint density at radius 2 is 1.80 bits per heavy atom. The highest BCUT2D eigenvalue weighted by Gasteiger charge is 2.17. The number of ether oxygens (including phenoxy) is 1. The van der Waals surface area contributed by atoms with Crippen molar-refractivity contribution in [3.8, 4) is 11.4 Å². The largest absolute Gasteiger partial charge is 0.383 e. The van der Waals surface area contributed by atoms with Gasteiger partial charge in [0.2, 0.25) is 5.91 Å². The number of fused-ring (bicyclic) bond motifs is 1. The summed E-state index contributed by atoms with van der Waals surface area (Å²) >= 11 is 0. The van der Waals surface area contributed by atoms with Crippen molar-refractivity contribution in [1.82, 2.24) is 15.3 Å². The second-order valence-corrected chi connectivity index (χ2v) is 7.36. The molecule has 0 saturated carbocycles. The molecule has 2 aromatic carbocycles. The van der Waals surface area contributed by atoms with Crippen LogP contribution in [-0.4, -0.2) is 48.7 Å². The van der Waals surface area contributed by atoms with Gasteiger partial charge in [-0.15, -0.1) is 0 Å². The summed E-state index contributed by atoms with van der Waals surface area (Å²) in [7, 11) is 1.68. The Kier molecular flexibility index (Phi) is 7.74. The van der Waals surface area contributed by atoms with Crippen LogP contribution < -0.4 is 10.2 Å². The number of nitrogens with zero attached hydrogens (tertiary/aromatic N) is 3. The van der Waals surface area contributed by atoms with Crippen molar-refractivity contribution in [1.29, 1.82) is 0 Å². The van der Waals surface area contributed by atoms with E-state index in [0.29, 0.717) is 31.9 Å². The monoisotopic (exact) mass is 406 g/mol. The number of rotatable bonds is 10. The molecule has 158 valence electrons. The zero-order chi connectivity index (χ0) is 21.3. The smallest absolute Gasteiger partial charge is 0.221 e. The maximum absolute atomic E-state index is 12.4. The molecule has 1 atom stereocenters. The number of amides is 1. The molecule has 0 bridgehead atoms. The Bertz CT molecular complexity index is 962. The molecule has 1 unspecified atom stereocenters. The summed E-state index contributed by atoms with van der Waals surface area (Å²) in [6.45, 7) is 5.83. The van der Waals surface area contributed by atoms with Gasteiger partial charge in [-0.25, -0.2) is 9.97 Å². The van der Waals surface area contributed by atoms with Crippen LogP contribution in [-0.2, 0) is 9.53 Å². The van der Waals surface area contributed by atoms with E-state index in [4.69, 9.17) is 14.7 Å². The second-order valence-electron chi connectivity index (χ2n) is 7.36. The third-order valence-electron chi connectivity index (χ3n) is 5.11. The molecule has 0 radical (unpaired) electrons. The summed E-state index contributed by atoms with van der Waals surface area (Å²) in [4.78, 5) is 24.2. The average Bonchev–Trinajstić information content (AvgIpc) is 2.79. The van der Waals surface area contributed by atoms with E-state index in [-0.39, 0.29) is 11.9 Å². The topological polar surface area (TPSA) is 67.4 Å². The van der Waals surface area contributed by atoms with E-state index >= 15 is 0 Å². The number of hydrogen-bond acceptors (Lipinski definition) is 5. The number of carbonyl (C=O) groups is 1. The minimum Gasteiger partial charge on any atom is -0.383 e. The Hall–Kier alpha value is -2.99. The third-order valence-corrected chi connectivity index (χ3v) is 5.11. The van der Waals surface area contributed by atoms with E-state index in [9.17, 15) is 4.79 Å². The Balaban J connectivity index is 1.95. The number of carbonyl (C=O) groups excluding carboxylic acids is 1. The van der Waals surface area contributed by atoms with Crippen molar-refractivity contribution < 1.29 is 9.53 Å². The number of anilines is 1. The lowest BCUT2D eigenvalue weighted by Gasteiger charge is -2.25. The van der Waals surface area contributed by atoms with Crippen LogP contribution in [0.15, 0.2) is 54.6 Å². The SMILES string of the molecule is CCC(C)NC(=O)CCN(CCOC)c1nc(-c2ccccc2)nc2ccccc12. The standard InChI is InChI=1S/C24H30N4O2/c1-4-18(2)25-22(29)14-15-28(16-17-30-3)24-20-12-8-9-13-21(20)26-23(27-24)19-10-6-5-7-11-19/h5-13,18H,4,14-17H2,1-3H3,(H,25,29). The molecule has 3 aromatic rings. The fourth-order valence-electron chi connectivity index (χ4n) is 3.23. The van der Waals surface area contributed by atoms with Gasteiger partial charge in [-0.05, 0) is 25.5 Å². The normalized spacial score (nSPS) is 12.0. The van der Waals surface area contributed by atoms with Crippen LogP contribution in [0.5, 0.6) is 0 Å². The van der Waals surface area contributed by atoms with Gasteiger partial charge >= 0.3 is 0 Å². The van der Waals surface area contributed by atoms with Crippen molar-refractivity contribution in [3.63, 3.8) is 0 Å². The van der Waals surface area contributed by atoms with E-state index < -0.39 is 0 Å². The molecular weight excluding hydrogens is 376 g/mol. The van der Waals surface area contributed by atoms with Crippen molar-refractivity contribution in [2.75, 3.05) is 31.7 Å². The fourth-order valence-corrected chi connectivity index (χ4v) is 3.23. The molecule has 0 fully saturated rings. The third kappa shape index (κ3) is 5.54. The maximum atomic E-state index is 12.4. The first kappa shape index (κ1) is 21.7. The minimum absolute atomic E-state index is 0.0495. The first-order valence-corrected chi connectivity index (χ1v) is 10.5. The molecule has 1 amide bonds. The molecule has 0 aliphatic carbocycles. The number of methoxy groups -OCH3 is 1. The Morgan fingerprint density at radius 3 is 2.53 bits per heavy atom. The fraction of sp³-hybridized carbons (Fsp3) is 0.375. The highest BCUT2D eigenvalue weighted by Crippen LogP contribution is 2.27. The van der Waals surface area contributed by atoms with Gasteiger partial charge in [0, 0.05) is 43.6 Å². The highest BCUT2D eigenvalue weighted by molar-refractivity contribution is 5.91. The van der Waals surface area contributed by atoms with E-state index in [0.717, 1.165) is 28.7 Å². The van der Waals surface area contributed by atoms with Gasteiger partial charge in [-0.1, -0.05) is 49.4 Å². The predicted octanol–water partition coefficient (Wildman–Crippen LogP) is 4.05. The van der Waals surface area contributed by atoms with Crippen LogP contribution in [0, 0.1) is 0 Å². The summed E-state index contributed by atoms with van der Waals surface area (Å²) in [6, 6.07) is 18.1. The quantitative estimate of drug-likeness (QED) is 0.550. The van der Waals surface area contributed by atoms with E-state index in [2.05, 4.69) is 17.1 Å². The van der Waals surface area contributed by atoms with Gasteiger partial charge in [-0.2, -0.15) is 0 Å². The minimum atomic E-state index is 0.0495. The van der Waals surface area contributed by atoms with Crippen molar-refractivity contribution in [2.24, 2.45) is 0 Å². The molecule has 1 heterocycles. The van der Waals surface area contributed by atoms with Crippen molar-refractivity contribution in [2.45, 2.75) is 32.7 Å². The molecular formula is C24H30N4O2. The van der Waals surface area contributed by atoms with Gasteiger partial charge in [0.15, 0.2) is 5.82 Å². The van der Waals surface area contributed by atoms with E-state index in [1.54, 1.807) is 7.11 Å².